The molecule has 1 heterocycles. The topological polar surface area (TPSA) is 236 Å². The zero-order chi connectivity index (χ0) is 106. The van der Waals surface area contributed by atoms with Crippen molar-refractivity contribution in [1.29, 1.82) is 0 Å². The highest BCUT2D eigenvalue weighted by Gasteiger charge is 2.48. The second-order valence-electron chi connectivity index (χ2n) is 39.7. The van der Waals surface area contributed by atoms with E-state index in [0.29, 0.717) is 50.2 Å². The number of Topliss-reactive ketones (excluding diaryl/α,β-unsaturated/α-hetero) is 3. The Bertz CT molecular complexity index is 7740. The SMILES string of the molecule is CCCC1(CCC)c2cc(C(=O)c3ccoc3)ccc2-c2ccc(/C(=N\OC(C)=O)c3ccccc3C)cc21.CCCC1(CCC)c2ccccc2-c2ccc(C(=O)/C(=N/OC(C)=O)c3c(C)ccc4ccccc34)cc21.CCCC1(CCC)c2ccccc2-c2ccc(C(=O)/C(=N/OC(C)=O)c3ccccc3)cc21.CCCC1(CCC)c2ccccc2-c2ccc(C(=O)/C(=N\OC(C)=O)c3c(C)cccc3-c3ccccc3)cc21. The van der Waals surface area contributed by atoms with Gasteiger partial charge in [-0.15, -0.1) is 0 Å². The van der Waals surface area contributed by atoms with Crippen LogP contribution in [0.4, 0.5) is 0 Å². The molecule has 0 N–H and O–H groups in total. The number of rotatable bonds is 34. The number of benzene rings is 14. The highest BCUT2D eigenvalue weighted by atomic mass is 16.7. The van der Waals surface area contributed by atoms with E-state index in [4.69, 9.17) is 23.8 Å². The third-order valence-electron chi connectivity index (χ3n) is 29.8. The minimum atomic E-state index is -0.575. The summed E-state index contributed by atoms with van der Waals surface area (Å²) in [5, 5.41) is 18.5. The molecule has 0 fully saturated rings. The van der Waals surface area contributed by atoms with Gasteiger partial charge in [-0.3, -0.25) is 19.2 Å². The molecule has 0 radical (unpaired) electrons. The number of hydrogen-bond donors (Lipinski definition) is 0. The van der Waals surface area contributed by atoms with E-state index in [9.17, 15) is 38.4 Å². The summed E-state index contributed by atoms with van der Waals surface area (Å²) in [5.41, 5.74) is 31.4. The fraction of sp³-hybridized carbons (Fsp3) is 0.263. The molecule has 0 saturated carbocycles. The van der Waals surface area contributed by atoms with Gasteiger partial charge in [0, 0.05) is 99.4 Å². The monoisotopic (exact) mass is 1990 g/mol. The lowest BCUT2D eigenvalue weighted by Crippen LogP contribution is -2.26. The van der Waals surface area contributed by atoms with E-state index in [1.54, 1.807) is 18.2 Å². The lowest BCUT2D eigenvalue weighted by atomic mass is 9.71. The third-order valence-corrected chi connectivity index (χ3v) is 29.8. The summed E-state index contributed by atoms with van der Waals surface area (Å²) >= 11 is 0. The molecule has 0 bridgehead atoms. The van der Waals surface area contributed by atoms with Crippen LogP contribution in [0, 0.1) is 20.8 Å². The molecule has 760 valence electrons. The number of oxime groups is 4. The van der Waals surface area contributed by atoms with Crippen LogP contribution < -0.4 is 0 Å². The normalized spacial score (nSPS) is 13.6. The maximum absolute atomic E-state index is 14.4. The molecule has 0 saturated heterocycles. The van der Waals surface area contributed by atoms with Crippen molar-refractivity contribution in [1.82, 2.24) is 0 Å². The van der Waals surface area contributed by atoms with Gasteiger partial charge >= 0.3 is 23.9 Å². The second-order valence-corrected chi connectivity index (χ2v) is 39.7. The molecule has 17 nitrogen and oxygen atoms in total. The first-order chi connectivity index (χ1) is 72.7. The molecule has 0 aliphatic heterocycles. The van der Waals surface area contributed by atoms with Crippen molar-refractivity contribution in [3.05, 3.63) is 439 Å². The first-order valence-electron chi connectivity index (χ1n) is 52.7. The number of fused-ring (bicyclic) bond motifs is 13. The van der Waals surface area contributed by atoms with Crippen molar-refractivity contribution in [3.63, 3.8) is 0 Å². The van der Waals surface area contributed by atoms with Crippen LogP contribution in [-0.2, 0) is 60.2 Å². The number of ketones is 4. The molecular formula is C133H130N4O13. The zero-order valence-corrected chi connectivity index (χ0v) is 88.5. The van der Waals surface area contributed by atoms with Crippen molar-refractivity contribution >= 4 is 80.6 Å². The second kappa shape index (κ2) is 47.4. The molecule has 4 aliphatic rings. The summed E-state index contributed by atoms with van der Waals surface area (Å²) in [7, 11) is 0. The van der Waals surface area contributed by atoms with Crippen LogP contribution in [0.5, 0.6) is 0 Å². The molecule has 15 aromatic rings. The Balaban J connectivity index is 0.000000143. The first kappa shape index (κ1) is 107. The molecule has 19 rings (SSSR count). The van der Waals surface area contributed by atoms with Gasteiger partial charge in [0.2, 0.25) is 17.3 Å². The van der Waals surface area contributed by atoms with Crippen molar-refractivity contribution in [2.75, 3.05) is 0 Å². The molecule has 0 atom stereocenters. The fourth-order valence-electron chi connectivity index (χ4n) is 23.9. The van der Waals surface area contributed by atoms with Crippen LogP contribution >= 0.6 is 0 Å². The van der Waals surface area contributed by atoms with Gasteiger partial charge in [0.05, 0.1) is 11.8 Å². The number of carbonyl (C=O) groups is 8. The van der Waals surface area contributed by atoms with Crippen molar-refractivity contribution in [2.45, 2.75) is 228 Å². The van der Waals surface area contributed by atoms with E-state index < -0.39 is 23.9 Å². The van der Waals surface area contributed by atoms with Crippen molar-refractivity contribution in [2.24, 2.45) is 20.6 Å². The summed E-state index contributed by atoms with van der Waals surface area (Å²) < 4.78 is 5.17. The molecule has 150 heavy (non-hydrogen) atoms. The number of hydrogen-bond acceptors (Lipinski definition) is 17. The molecule has 1 aromatic heterocycles. The molecule has 0 amide bonds. The lowest BCUT2D eigenvalue weighted by molar-refractivity contribution is -0.141. The molecular weight excluding hydrogens is 1860 g/mol. The summed E-state index contributed by atoms with van der Waals surface area (Å²) in [4.78, 5) is 123. The maximum atomic E-state index is 14.4. The average molecular weight is 1990 g/mol. The molecule has 0 unspecified atom stereocenters. The molecule has 4 aliphatic carbocycles. The summed E-state index contributed by atoms with van der Waals surface area (Å²) in [5.74, 6) is -3.00. The van der Waals surface area contributed by atoms with Crippen LogP contribution in [0.25, 0.3) is 66.4 Å². The van der Waals surface area contributed by atoms with Gasteiger partial charge in [-0.25, -0.2) is 19.2 Å². The van der Waals surface area contributed by atoms with Crippen LogP contribution in [0.2, 0.25) is 0 Å². The minimum Gasteiger partial charge on any atom is -0.472 e. The third kappa shape index (κ3) is 21.3. The Morgan fingerprint density at radius 3 is 1.01 bits per heavy atom. The molecule has 0 spiro atoms. The first-order valence-corrected chi connectivity index (χ1v) is 52.7. The van der Waals surface area contributed by atoms with Gasteiger partial charge in [0.1, 0.15) is 12.0 Å². The Labute approximate surface area is 880 Å². The number of furan rings is 1. The van der Waals surface area contributed by atoms with E-state index in [1.165, 1.54) is 124 Å². The lowest BCUT2D eigenvalue weighted by Gasteiger charge is -2.32. The van der Waals surface area contributed by atoms with E-state index in [0.717, 1.165) is 158 Å². The van der Waals surface area contributed by atoms with Crippen molar-refractivity contribution < 1.29 is 62.1 Å². The molecule has 17 heteroatoms. The van der Waals surface area contributed by atoms with Crippen LogP contribution in [-0.4, -0.2) is 69.9 Å². The van der Waals surface area contributed by atoms with Gasteiger partial charge in [0.15, 0.2) is 22.9 Å². The smallest absolute Gasteiger partial charge is 0.332 e. The highest BCUT2D eigenvalue weighted by molar-refractivity contribution is 6.54. The Hall–Kier alpha value is -16.1. The van der Waals surface area contributed by atoms with Crippen LogP contribution in [0.1, 0.15) is 322 Å². The predicted octanol–water partition coefficient (Wildman–Crippen LogP) is 31.5. The van der Waals surface area contributed by atoms with Gasteiger partial charge in [-0.2, -0.15) is 0 Å². The quantitative estimate of drug-likeness (QED) is 0.0158. The van der Waals surface area contributed by atoms with Gasteiger partial charge in [-0.05, 0) is 236 Å². The maximum Gasteiger partial charge on any atom is 0.332 e. The van der Waals surface area contributed by atoms with E-state index >= 15 is 0 Å². The van der Waals surface area contributed by atoms with E-state index in [-0.39, 0.29) is 61.9 Å². The summed E-state index contributed by atoms with van der Waals surface area (Å²) in [6.07, 6.45) is 19.3. The van der Waals surface area contributed by atoms with Gasteiger partial charge in [-0.1, -0.05) is 400 Å². The van der Waals surface area contributed by atoms with Crippen LogP contribution in [0.15, 0.2) is 347 Å². The number of aryl methyl sites for hydroxylation is 3. The largest absolute Gasteiger partial charge is 0.472 e. The van der Waals surface area contributed by atoms with Crippen LogP contribution in [0.3, 0.4) is 0 Å². The summed E-state index contributed by atoms with van der Waals surface area (Å²) in [6, 6.07) is 103. The van der Waals surface area contributed by atoms with Gasteiger partial charge in [0.25, 0.3) is 0 Å². The number of carbonyl (C=O) groups excluding carboxylic acids is 8. The van der Waals surface area contributed by atoms with Crippen molar-refractivity contribution in [3.8, 4) is 55.6 Å². The summed E-state index contributed by atoms with van der Waals surface area (Å²) in [6.45, 7) is 28.9. The average Bonchev–Trinajstić information content (AvgIpc) is 1.92. The minimum absolute atomic E-state index is 0.0413. The standard InChI is InChI=1S/C36H35NO3.C34H33NO4.C34H33NO3.C29H29NO3/c1-5-21-36(22-6-2)31-18-11-10-16-29(31)30-20-19-27(23-32(30)36)35(39)34(37-40-25(4)38)33-24(3)13-12-17-28(33)26-14-8-7-9-15-26;1-5-16-34(17-6-2)30-19-24(32(35-39-23(4)36)27-10-8-7-9-22(27)3)11-13-28(30)29-14-12-25(20-31(29)34)33(37)26-15-18-38-21-26;1-5-19-34(20-6-2)29-14-10-9-13-27(29)28-18-17-25(21-30(28)34)33(37)32(35-38-23(4)36)31-22(3)15-16-24-11-7-8-12-26(24)31;1-4-17-29(18-5-2)25-14-10-9-13-23(25)24-16-15-22(19-26(24)29)28(32)27(30-33-20(3)31)21-11-7-6-8-12-21/h7-20,23H,5-6,21-22H2,1-4H3;7-15,18-21H,5-6,16-17H2,1-4H3;7-18,21H,5-6,19-20H2,1-4H3;6-16,19H,4-5,17-18H2,1-3H3/b37-34-;2*35-32+;30-27+. The Morgan fingerprint density at radius 2 is 0.587 bits per heavy atom. The van der Waals surface area contributed by atoms with Gasteiger partial charge < -0.3 is 23.8 Å². The number of nitrogens with zero attached hydrogens (tertiary/aromatic N) is 4. The Kier molecular flexibility index (Phi) is 33.7. The predicted molar refractivity (Wildman–Crippen MR) is 600 cm³/mol. The molecule has 14 aromatic carbocycles. The zero-order valence-electron chi connectivity index (χ0n) is 88.5. The highest BCUT2D eigenvalue weighted by Crippen LogP contribution is 2.59. The van der Waals surface area contributed by atoms with E-state index in [2.05, 4.69) is 209 Å². The fourth-order valence-corrected chi connectivity index (χ4v) is 23.9. The van der Waals surface area contributed by atoms with E-state index in [1.807, 2.05) is 178 Å². The Morgan fingerprint density at radius 1 is 0.260 bits per heavy atom.